The maximum atomic E-state index is 11.1. The van der Waals surface area contributed by atoms with Crippen molar-refractivity contribution in [2.75, 3.05) is 31.3 Å². The van der Waals surface area contributed by atoms with Crippen molar-refractivity contribution in [1.82, 2.24) is 0 Å². The third kappa shape index (κ3) is 6.58. The summed E-state index contributed by atoms with van der Waals surface area (Å²) in [4.78, 5) is 0. The molecule has 0 aromatic rings. The number of hydrogen-bond acceptors (Lipinski definition) is 8. The molecule has 0 aromatic carbocycles. The van der Waals surface area contributed by atoms with Crippen LogP contribution in [0.25, 0.3) is 0 Å². The third-order valence-corrected chi connectivity index (χ3v) is 4.20. The molecule has 3 unspecified atom stereocenters. The highest BCUT2D eigenvalue weighted by atomic mass is 32.2. The van der Waals surface area contributed by atoms with Crippen LogP contribution in [0.15, 0.2) is 0 Å². The summed E-state index contributed by atoms with van der Waals surface area (Å²) < 4.78 is 61.7. The molecule has 0 aromatic heterocycles. The van der Waals surface area contributed by atoms with Crippen LogP contribution < -0.4 is 0 Å². The molecule has 0 aliphatic carbocycles. The van der Waals surface area contributed by atoms with Crippen molar-refractivity contribution in [3.8, 4) is 0 Å². The van der Waals surface area contributed by atoms with Crippen molar-refractivity contribution in [3.05, 3.63) is 0 Å². The lowest BCUT2D eigenvalue weighted by atomic mass is 10.2. The molecule has 118 valence electrons. The van der Waals surface area contributed by atoms with Gasteiger partial charge in [0.1, 0.15) is 5.75 Å². The first-order chi connectivity index (χ1) is 9.36. The van der Waals surface area contributed by atoms with E-state index < -0.39 is 47.3 Å². The first-order valence-corrected chi connectivity index (χ1v) is 8.69. The van der Waals surface area contributed by atoms with Crippen molar-refractivity contribution in [2.24, 2.45) is 0 Å². The zero-order valence-electron chi connectivity index (χ0n) is 10.8. The lowest BCUT2D eigenvalue weighted by Gasteiger charge is -2.20. The Bertz CT molecular complexity index is 414. The molecule has 1 aliphatic rings. The topological polar surface area (TPSA) is 129 Å². The second kappa shape index (κ2) is 8.39. The summed E-state index contributed by atoms with van der Waals surface area (Å²) in [6.45, 7) is 1.23. The summed E-state index contributed by atoms with van der Waals surface area (Å²) in [7, 11) is -4.83. The molecule has 2 N–H and O–H groups in total. The summed E-state index contributed by atoms with van der Waals surface area (Å²) in [6.07, 6.45) is -1.72. The standard InChI is InChI=1S/C8H17BO9S2/c1-2-15-9(17-7(3-10)5-19(11)12)18-8-4-16-20(13,14)6-8/h7-8,10H,2-6H2,1H3,(H,11,12). The minimum atomic E-state index is -3.58. The highest BCUT2D eigenvalue weighted by molar-refractivity contribution is 7.87. The van der Waals surface area contributed by atoms with Gasteiger partial charge in [-0.05, 0) is 6.92 Å². The second-order valence-electron chi connectivity index (χ2n) is 3.94. The fourth-order valence-electron chi connectivity index (χ4n) is 1.44. The Morgan fingerprint density at radius 1 is 1.55 bits per heavy atom. The maximum absolute atomic E-state index is 11.1. The highest BCUT2D eigenvalue weighted by Gasteiger charge is 2.36. The molecule has 0 radical (unpaired) electrons. The molecule has 1 rings (SSSR count). The van der Waals surface area contributed by atoms with Gasteiger partial charge < -0.3 is 23.6 Å². The molecule has 0 saturated carbocycles. The quantitative estimate of drug-likeness (QED) is 0.290. The zero-order chi connectivity index (χ0) is 15.2. The van der Waals surface area contributed by atoms with Crippen molar-refractivity contribution >= 4 is 28.5 Å². The molecule has 1 heterocycles. The first-order valence-electron chi connectivity index (χ1n) is 5.84. The molecule has 3 atom stereocenters. The van der Waals surface area contributed by atoms with Crippen LogP contribution in [0.5, 0.6) is 0 Å². The van der Waals surface area contributed by atoms with Crippen LogP contribution in [0.1, 0.15) is 6.92 Å². The van der Waals surface area contributed by atoms with Crippen molar-refractivity contribution in [1.29, 1.82) is 0 Å². The van der Waals surface area contributed by atoms with Gasteiger partial charge in [-0.3, -0.25) is 4.18 Å². The summed E-state index contributed by atoms with van der Waals surface area (Å²) in [5.41, 5.74) is 0. The van der Waals surface area contributed by atoms with Crippen LogP contribution in [0.2, 0.25) is 0 Å². The predicted octanol–water partition coefficient (Wildman–Crippen LogP) is -1.65. The van der Waals surface area contributed by atoms with Crippen molar-refractivity contribution in [2.45, 2.75) is 19.1 Å². The van der Waals surface area contributed by atoms with Crippen LogP contribution in [0.4, 0.5) is 0 Å². The van der Waals surface area contributed by atoms with E-state index >= 15 is 0 Å². The van der Waals surface area contributed by atoms with E-state index in [1.807, 2.05) is 0 Å². The lowest BCUT2D eigenvalue weighted by molar-refractivity contribution is 0.0207. The van der Waals surface area contributed by atoms with E-state index in [1.54, 1.807) is 6.92 Å². The fraction of sp³-hybridized carbons (Fsp3) is 1.00. The van der Waals surface area contributed by atoms with E-state index in [1.165, 1.54) is 0 Å². The van der Waals surface area contributed by atoms with Crippen molar-refractivity contribution < 1.29 is 40.4 Å². The van der Waals surface area contributed by atoms with Crippen LogP contribution in [0.3, 0.4) is 0 Å². The SMILES string of the molecule is CCOB(OC(CO)CS(=O)O)OC1COS(=O)(=O)C1. The van der Waals surface area contributed by atoms with E-state index in [0.717, 1.165) is 0 Å². The number of aliphatic hydroxyl groups is 1. The van der Waals surface area contributed by atoms with Gasteiger partial charge in [-0.15, -0.1) is 0 Å². The van der Waals surface area contributed by atoms with Crippen LogP contribution in [-0.2, 0) is 39.3 Å². The Balaban J connectivity index is 2.53. The van der Waals surface area contributed by atoms with E-state index in [4.69, 9.17) is 23.6 Å². The molecular formula is C8H17BO9S2. The molecule has 0 amide bonds. The number of aliphatic hydroxyl groups excluding tert-OH is 1. The Kier molecular flexibility index (Phi) is 7.54. The molecule has 20 heavy (non-hydrogen) atoms. The van der Waals surface area contributed by atoms with E-state index in [0.29, 0.717) is 0 Å². The molecule has 0 bridgehead atoms. The smallest absolute Gasteiger partial charge is 0.394 e. The molecule has 1 fully saturated rings. The van der Waals surface area contributed by atoms with Gasteiger partial charge in [0.2, 0.25) is 0 Å². The summed E-state index contributed by atoms with van der Waals surface area (Å²) in [5, 5.41) is 9.03. The number of rotatable bonds is 9. The maximum Gasteiger partial charge on any atom is 0.640 e. The lowest BCUT2D eigenvalue weighted by Crippen LogP contribution is -2.40. The summed E-state index contributed by atoms with van der Waals surface area (Å²) >= 11 is -2.15. The Labute approximate surface area is 120 Å². The fourth-order valence-corrected chi connectivity index (χ4v) is 3.02. The molecular weight excluding hydrogens is 315 g/mol. The molecule has 9 nitrogen and oxygen atoms in total. The van der Waals surface area contributed by atoms with Gasteiger partial charge in [0.05, 0.1) is 31.2 Å². The minimum absolute atomic E-state index is 0.148. The van der Waals surface area contributed by atoms with Gasteiger partial charge in [-0.2, -0.15) is 8.42 Å². The average Bonchev–Trinajstić information content (AvgIpc) is 2.67. The highest BCUT2D eigenvalue weighted by Crippen LogP contribution is 2.14. The van der Waals surface area contributed by atoms with E-state index in [9.17, 15) is 12.6 Å². The van der Waals surface area contributed by atoms with Gasteiger partial charge in [0, 0.05) is 6.61 Å². The van der Waals surface area contributed by atoms with Crippen LogP contribution in [-0.4, -0.2) is 73.1 Å². The van der Waals surface area contributed by atoms with Crippen molar-refractivity contribution in [3.63, 3.8) is 0 Å². The van der Waals surface area contributed by atoms with Gasteiger partial charge in [-0.25, -0.2) is 4.21 Å². The zero-order valence-corrected chi connectivity index (χ0v) is 12.5. The van der Waals surface area contributed by atoms with Gasteiger partial charge >= 0.3 is 7.32 Å². The van der Waals surface area contributed by atoms with E-state index in [-0.39, 0.29) is 24.7 Å². The molecule has 12 heteroatoms. The summed E-state index contributed by atoms with van der Waals surface area (Å²) in [6, 6.07) is 0. The Morgan fingerprint density at radius 2 is 2.25 bits per heavy atom. The van der Waals surface area contributed by atoms with Gasteiger partial charge in [0.25, 0.3) is 10.1 Å². The van der Waals surface area contributed by atoms with Crippen LogP contribution >= 0.6 is 0 Å². The minimum Gasteiger partial charge on any atom is -0.394 e. The Hall–Kier alpha value is -0.0751. The predicted molar refractivity (Wildman–Crippen MR) is 69.6 cm³/mol. The van der Waals surface area contributed by atoms with Crippen LogP contribution in [0, 0.1) is 0 Å². The van der Waals surface area contributed by atoms with E-state index in [2.05, 4.69) is 4.18 Å². The first kappa shape index (κ1) is 18.0. The average molecular weight is 332 g/mol. The normalized spacial score (nSPS) is 24.4. The largest absolute Gasteiger partial charge is 0.640 e. The molecule has 1 aliphatic heterocycles. The molecule has 0 spiro atoms. The molecule has 1 saturated heterocycles. The van der Waals surface area contributed by atoms with Gasteiger partial charge in [-0.1, -0.05) is 0 Å². The van der Waals surface area contributed by atoms with Gasteiger partial charge in [0.15, 0.2) is 11.1 Å². The monoisotopic (exact) mass is 332 g/mol. The second-order valence-corrected chi connectivity index (χ2v) is 6.60. The third-order valence-electron chi connectivity index (χ3n) is 2.27. The number of hydrogen-bond donors (Lipinski definition) is 2. The Morgan fingerprint density at radius 3 is 2.70 bits per heavy atom. The summed E-state index contributed by atoms with van der Waals surface area (Å²) in [5.74, 6) is -0.640.